The Balaban J connectivity index is 1.46. The number of piperazine rings is 1. The minimum Gasteiger partial charge on any atom is -0.493 e. The highest BCUT2D eigenvalue weighted by molar-refractivity contribution is 5.80. The highest BCUT2D eigenvalue weighted by Crippen LogP contribution is 2.38. The number of nitrogens with zero attached hydrogens (tertiary/aromatic N) is 4. The number of nitrogens with one attached hydrogen (secondary N) is 1. The van der Waals surface area contributed by atoms with Crippen LogP contribution in [-0.4, -0.2) is 102 Å². The smallest absolute Gasteiger partial charge is 0.203 e. The maximum Gasteiger partial charge on any atom is 0.203 e. The average molecular weight is 448 g/mol. The largest absolute Gasteiger partial charge is 0.493 e. The zero-order valence-electron chi connectivity index (χ0n) is 20.5. The second-order valence-corrected chi connectivity index (χ2v) is 8.81. The predicted octanol–water partition coefficient (Wildman–Crippen LogP) is 2.14. The molecule has 0 saturated carbocycles. The minimum atomic E-state index is 0.638. The molecule has 0 aliphatic carbocycles. The zero-order valence-corrected chi connectivity index (χ0v) is 20.5. The number of ether oxygens (including phenoxy) is 3. The van der Waals surface area contributed by atoms with Crippen molar-refractivity contribution in [2.24, 2.45) is 10.9 Å². The summed E-state index contributed by atoms with van der Waals surface area (Å²) in [6.07, 6.45) is 3.86. The Hall–Kier alpha value is -2.19. The molecule has 0 radical (unpaired) electrons. The molecule has 8 nitrogen and oxygen atoms in total. The van der Waals surface area contributed by atoms with Crippen LogP contribution in [0.5, 0.6) is 17.2 Å². The third-order valence-corrected chi connectivity index (χ3v) is 6.69. The summed E-state index contributed by atoms with van der Waals surface area (Å²) in [5.74, 6) is 3.92. The van der Waals surface area contributed by atoms with Crippen LogP contribution in [0.3, 0.4) is 0 Å². The van der Waals surface area contributed by atoms with Crippen molar-refractivity contribution in [1.82, 2.24) is 20.0 Å². The fourth-order valence-electron chi connectivity index (χ4n) is 4.67. The van der Waals surface area contributed by atoms with Gasteiger partial charge in [0.2, 0.25) is 5.75 Å². The third-order valence-electron chi connectivity index (χ3n) is 6.69. The van der Waals surface area contributed by atoms with E-state index in [9.17, 15) is 0 Å². The van der Waals surface area contributed by atoms with Crippen molar-refractivity contribution in [1.29, 1.82) is 0 Å². The first-order valence-corrected chi connectivity index (χ1v) is 11.7. The molecule has 1 N–H and O–H groups in total. The van der Waals surface area contributed by atoms with Crippen molar-refractivity contribution in [3.05, 3.63) is 17.7 Å². The summed E-state index contributed by atoms with van der Waals surface area (Å²) in [6, 6.07) is 4.08. The van der Waals surface area contributed by atoms with Crippen LogP contribution in [0.25, 0.3) is 0 Å². The number of rotatable bonds is 8. The van der Waals surface area contributed by atoms with Gasteiger partial charge in [0, 0.05) is 46.3 Å². The number of guanidine groups is 1. The lowest BCUT2D eigenvalue weighted by atomic mass is 9.94. The fraction of sp³-hybridized carbons (Fsp3) is 0.708. The molecule has 0 aromatic heterocycles. The molecule has 1 aromatic rings. The van der Waals surface area contributed by atoms with Crippen LogP contribution in [0, 0.1) is 5.92 Å². The summed E-state index contributed by atoms with van der Waals surface area (Å²) >= 11 is 0. The molecule has 3 rings (SSSR count). The Labute approximate surface area is 193 Å². The number of benzene rings is 1. The Kier molecular flexibility index (Phi) is 9.29. The molecule has 0 bridgehead atoms. The molecule has 2 heterocycles. The summed E-state index contributed by atoms with van der Waals surface area (Å²) in [6.45, 7) is 8.25. The van der Waals surface area contributed by atoms with Crippen molar-refractivity contribution >= 4 is 5.96 Å². The number of aliphatic imine (C=N–C) groups is 1. The van der Waals surface area contributed by atoms with Gasteiger partial charge >= 0.3 is 0 Å². The second-order valence-electron chi connectivity index (χ2n) is 8.81. The van der Waals surface area contributed by atoms with Gasteiger partial charge in [-0.25, -0.2) is 0 Å². The van der Waals surface area contributed by atoms with Crippen LogP contribution < -0.4 is 19.5 Å². The number of likely N-dealkylation sites (tertiary alicyclic amines) is 1. The standard InChI is InChI=1S/C24H41N5O3/c1-25-24(26-9-6-19-7-10-27(2)11-8-19)29-14-12-28(13-15-29)18-20-16-21(30-3)23(32-5)22(17-20)31-4/h16-17,19H,6-15,18H2,1-5H3,(H,25,26). The monoisotopic (exact) mass is 447 g/mol. The van der Waals surface area contributed by atoms with E-state index in [1.54, 1.807) is 21.3 Å². The first-order valence-electron chi connectivity index (χ1n) is 11.7. The molecular formula is C24H41N5O3. The van der Waals surface area contributed by atoms with Crippen molar-refractivity contribution in [3.63, 3.8) is 0 Å². The summed E-state index contributed by atoms with van der Waals surface area (Å²) in [4.78, 5) is 11.8. The first kappa shape index (κ1) is 24.5. The van der Waals surface area contributed by atoms with E-state index in [1.807, 2.05) is 19.2 Å². The van der Waals surface area contributed by atoms with Gasteiger partial charge in [0.1, 0.15) is 0 Å². The minimum absolute atomic E-state index is 0.638. The Morgan fingerprint density at radius 2 is 1.59 bits per heavy atom. The summed E-state index contributed by atoms with van der Waals surface area (Å²) < 4.78 is 16.4. The fourth-order valence-corrected chi connectivity index (χ4v) is 4.67. The van der Waals surface area contributed by atoms with E-state index in [0.717, 1.165) is 56.7 Å². The molecule has 0 atom stereocenters. The maximum atomic E-state index is 5.50. The highest BCUT2D eigenvalue weighted by atomic mass is 16.5. The molecule has 180 valence electrons. The van der Waals surface area contributed by atoms with E-state index < -0.39 is 0 Å². The summed E-state index contributed by atoms with van der Waals surface area (Å²) in [5.41, 5.74) is 1.16. The molecule has 2 aliphatic heterocycles. The topological polar surface area (TPSA) is 61.8 Å². The number of hydrogen-bond donors (Lipinski definition) is 1. The molecule has 8 heteroatoms. The quantitative estimate of drug-likeness (QED) is 0.484. The molecule has 0 spiro atoms. The van der Waals surface area contributed by atoms with Crippen LogP contribution in [0.15, 0.2) is 17.1 Å². The van der Waals surface area contributed by atoms with Gasteiger partial charge in [0.25, 0.3) is 0 Å². The van der Waals surface area contributed by atoms with E-state index >= 15 is 0 Å². The van der Waals surface area contributed by atoms with E-state index in [2.05, 4.69) is 32.1 Å². The van der Waals surface area contributed by atoms with Gasteiger partial charge in [-0.05, 0) is 63.0 Å². The molecular weight excluding hydrogens is 406 g/mol. The van der Waals surface area contributed by atoms with Gasteiger partial charge in [0.15, 0.2) is 17.5 Å². The third kappa shape index (κ3) is 6.42. The molecule has 0 unspecified atom stereocenters. The lowest BCUT2D eigenvalue weighted by molar-refractivity contribution is 0.171. The Bertz CT molecular complexity index is 716. The van der Waals surface area contributed by atoms with Gasteiger partial charge in [-0.1, -0.05) is 0 Å². The lowest BCUT2D eigenvalue weighted by Gasteiger charge is -2.37. The van der Waals surface area contributed by atoms with Gasteiger partial charge in [-0.2, -0.15) is 0 Å². The maximum absolute atomic E-state index is 5.50. The molecule has 0 amide bonds. The van der Waals surface area contributed by atoms with Crippen molar-refractivity contribution in [3.8, 4) is 17.2 Å². The number of hydrogen-bond acceptors (Lipinski definition) is 6. The van der Waals surface area contributed by atoms with Crippen molar-refractivity contribution in [2.75, 3.05) is 81.2 Å². The van der Waals surface area contributed by atoms with Gasteiger partial charge in [0.05, 0.1) is 21.3 Å². The first-order chi connectivity index (χ1) is 15.6. The molecule has 2 saturated heterocycles. The number of piperidine rings is 1. The average Bonchev–Trinajstić information content (AvgIpc) is 2.83. The molecule has 2 aliphatic rings. The number of methoxy groups -OCH3 is 3. The van der Waals surface area contributed by atoms with Crippen LogP contribution in [-0.2, 0) is 6.54 Å². The molecule has 32 heavy (non-hydrogen) atoms. The highest BCUT2D eigenvalue weighted by Gasteiger charge is 2.22. The van der Waals surface area contributed by atoms with Crippen LogP contribution in [0.4, 0.5) is 0 Å². The normalized spacial score (nSPS) is 19.2. The van der Waals surface area contributed by atoms with Crippen LogP contribution >= 0.6 is 0 Å². The molecule has 1 aromatic carbocycles. The van der Waals surface area contributed by atoms with Crippen molar-refractivity contribution < 1.29 is 14.2 Å². The SMILES string of the molecule is CN=C(NCCC1CCN(C)CC1)N1CCN(Cc2cc(OC)c(OC)c(OC)c2)CC1. The zero-order chi connectivity index (χ0) is 22.9. The lowest BCUT2D eigenvalue weighted by Crippen LogP contribution is -2.52. The molecule has 2 fully saturated rings. The van der Waals surface area contributed by atoms with Gasteiger partial charge in [-0.15, -0.1) is 0 Å². The summed E-state index contributed by atoms with van der Waals surface area (Å²) in [5, 5.41) is 3.60. The van der Waals surface area contributed by atoms with Crippen molar-refractivity contribution in [2.45, 2.75) is 25.8 Å². The van der Waals surface area contributed by atoms with E-state index in [4.69, 9.17) is 14.2 Å². The predicted molar refractivity (Wildman–Crippen MR) is 129 cm³/mol. The summed E-state index contributed by atoms with van der Waals surface area (Å²) in [7, 11) is 9.06. The van der Waals surface area contributed by atoms with E-state index in [0.29, 0.717) is 17.2 Å². The van der Waals surface area contributed by atoms with E-state index in [1.165, 1.54) is 32.4 Å². The van der Waals surface area contributed by atoms with E-state index in [-0.39, 0.29) is 0 Å². The van der Waals surface area contributed by atoms with Gasteiger partial charge < -0.3 is 29.3 Å². The van der Waals surface area contributed by atoms with Crippen LogP contribution in [0.1, 0.15) is 24.8 Å². The second kappa shape index (κ2) is 12.2. The van der Waals surface area contributed by atoms with Crippen LogP contribution in [0.2, 0.25) is 0 Å². The van der Waals surface area contributed by atoms with Gasteiger partial charge in [-0.3, -0.25) is 9.89 Å². The Morgan fingerprint density at radius 3 is 2.12 bits per heavy atom. The Morgan fingerprint density at radius 1 is 0.969 bits per heavy atom.